The number of esters is 12. The molecule has 4 aliphatic rings. The van der Waals surface area contributed by atoms with E-state index >= 15 is 0 Å². The molecule has 732 valence electrons. The van der Waals surface area contributed by atoms with Crippen LogP contribution in [-0.2, 0) is 57.5 Å². The lowest BCUT2D eigenvalue weighted by Crippen LogP contribution is -2.11. The van der Waals surface area contributed by atoms with Crippen molar-refractivity contribution in [3.63, 3.8) is 0 Å². The molecule has 0 N–H and O–H groups in total. The Kier molecular flexibility index (Phi) is 42.2. The normalized spacial score (nSPS) is 16.0. The number of hydrogen-bond donors (Lipinski definition) is 0. The summed E-state index contributed by atoms with van der Waals surface area (Å²) in [6.07, 6.45) is 31.5. The summed E-state index contributed by atoms with van der Waals surface area (Å²) in [4.78, 5) is 141. The van der Waals surface area contributed by atoms with Crippen LogP contribution in [-0.4, -0.2) is 71.6 Å². The summed E-state index contributed by atoms with van der Waals surface area (Å²) in [6, 6.07) is 49.4. The molecular weight excluding hydrogens is 1800 g/mol. The number of allylic oxidation sites excluding steroid dienone is 4. The van der Waals surface area contributed by atoms with Crippen LogP contribution >= 0.6 is 0 Å². The lowest BCUT2D eigenvalue weighted by molar-refractivity contribution is -0.131. The van der Waals surface area contributed by atoms with E-state index in [-0.39, 0.29) is 46.0 Å². The Balaban J connectivity index is 0.000000211. The van der Waals surface area contributed by atoms with Gasteiger partial charge in [0, 0.05) is 72.9 Å². The first-order valence-corrected chi connectivity index (χ1v) is 46.5. The maximum Gasteiger partial charge on any atom is 0.335 e. The van der Waals surface area contributed by atoms with Crippen molar-refractivity contribution in [2.45, 2.75) is 143 Å². The van der Waals surface area contributed by atoms with Crippen molar-refractivity contribution in [2.24, 2.45) is 23.7 Å². The minimum atomic E-state index is -0.674. The molecule has 0 amide bonds. The average molecular weight is 1920 g/mol. The Morgan fingerprint density at radius 1 is 0.239 bits per heavy atom. The number of carbonyl (C=O) groups is 12. The second kappa shape index (κ2) is 55.0. The van der Waals surface area contributed by atoms with Crippen LogP contribution in [0, 0.1) is 23.7 Å². The fourth-order valence-corrected chi connectivity index (χ4v) is 16.7. The van der Waals surface area contributed by atoms with Gasteiger partial charge in [-0.3, -0.25) is 0 Å². The first-order chi connectivity index (χ1) is 68.4. The molecule has 0 radical (unpaired) electrons. The molecule has 0 bridgehead atoms. The molecule has 24 heteroatoms. The zero-order valence-corrected chi connectivity index (χ0v) is 80.4. The zero-order valence-electron chi connectivity index (χ0n) is 80.4. The third-order valence-corrected chi connectivity index (χ3v) is 23.6. The number of rotatable bonds is 34. The largest absolute Gasteiger partial charge is 0.423 e. The van der Waals surface area contributed by atoms with Gasteiger partial charge >= 0.3 is 71.6 Å². The van der Waals surface area contributed by atoms with E-state index < -0.39 is 71.6 Å². The second-order valence-corrected chi connectivity index (χ2v) is 33.2. The van der Waals surface area contributed by atoms with Gasteiger partial charge in [-0.2, -0.15) is 0 Å². The molecule has 0 aromatic heterocycles. The van der Waals surface area contributed by atoms with Gasteiger partial charge in [-0.05, 0) is 277 Å². The first kappa shape index (κ1) is 109. The molecule has 142 heavy (non-hydrogen) atoms. The molecule has 24 nitrogen and oxygen atoms in total. The summed E-state index contributed by atoms with van der Waals surface area (Å²) >= 11 is 0. The van der Waals surface area contributed by atoms with E-state index in [0.717, 1.165) is 249 Å². The van der Waals surface area contributed by atoms with Gasteiger partial charge in [0.2, 0.25) is 0 Å². The topological polar surface area (TPSA) is 316 Å². The smallest absolute Gasteiger partial charge is 0.335 e. The van der Waals surface area contributed by atoms with E-state index in [1.54, 1.807) is 97.1 Å². The lowest BCUT2D eigenvalue weighted by Gasteiger charge is -2.26. The summed E-state index contributed by atoms with van der Waals surface area (Å²) in [7, 11) is 0. The molecule has 4 aliphatic carbocycles. The van der Waals surface area contributed by atoms with Crippen LogP contribution in [0.3, 0.4) is 0 Å². The quantitative estimate of drug-likeness (QED) is 0.0205. The molecule has 12 rings (SSSR count). The minimum Gasteiger partial charge on any atom is -0.423 e. The number of hydrogen-bond acceptors (Lipinski definition) is 24. The second-order valence-electron chi connectivity index (χ2n) is 33.2. The van der Waals surface area contributed by atoms with Crippen molar-refractivity contribution in [2.75, 3.05) is 0 Å². The average Bonchev–Trinajstić information content (AvgIpc) is 0.788. The number of benzene rings is 8. The van der Waals surface area contributed by atoms with Crippen molar-refractivity contribution in [1.29, 1.82) is 0 Å². The fraction of sp³-hybridized carbons (Fsp3) is 0.220. The maximum atomic E-state index is 12.0. The van der Waals surface area contributed by atoms with Crippen LogP contribution in [0.15, 0.2) is 344 Å². The van der Waals surface area contributed by atoms with Crippen molar-refractivity contribution >= 4 is 93.9 Å². The van der Waals surface area contributed by atoms with E-state index in [2.05, 4.69) is 107 Å². The Labute approximate surface area is 828 Å². The van der Waals surface area contributed by atoms with Gasteiger partial charge < -0.3 is 56.8 Å². The highest BCUT2D eigenvalue weighted by atomic mass is 16.6. The van der Waals surface area contributed by atoms with Gasteiger partial charge in [-0.15, -0.1) is 0 Å². The summed E-state index contributed by atoms with van der Waals surface area (Å²) in [5, 5.41) is 0. The summed E-state index contributed by atoms with van der Waals surface area (Å²) in [5.74, 6) is -2.87. The summed E-state index contributed by atoms with van der Waals surface area (Å²) < 4.78 is 63.6. The van der Waals surface area contributed by atoms with E-state index in [1.165, 1.54) is 28.7 Å². The Morgan fingerprint density at radius 2 is 0.486 bits per heavy atom. The minimum absolute atomic E-state index is 0.0979. The van der Waals surface area contributed by atoms with Crippen molar-refractivity contribution in [1.82, 2.24) is 0 Å². The third-order valence-electron chi connectivity index (χ3n) is 23.6. The molecule has 0 saturated heterocycles. The lowest BCUT2D eigenvalue weighted by atomic mass is 9.79. The van der Waals surface area contributed by atoms with Crippen molar-refractivity contribution < 1.29 is 114 Å². The highest BCUT2D eigenvalue weighted by molar-refractivity contribution is 5.95. The molecule has 8 aromatic rings. The molecular formula is C118H116O24. The fourth-order valence-electron chi connectivity index (χ4n) is 16.7. The predicted octanol–water partition coefficient (Wildman–Crippen LogP) is 24.7. The molecule has 0 heterocycles. The molecule has 0 spiro atoms. The van der Waals surface area contributed by atoms with Crippen LogP contribution in [0.4, 0.5) is 0 Å². The first-order valence-electron chi connectivity index (χ1n) is 46.5. The Bertz CT molecular complexity index is 6290. The number of carbonyl (C=O) groups excluding carboxylic acids is 12. The van der Waals surface area contributed by atoms with Gasteiger partial charge in [-0.1, -0.05) is 227 Å². The Hall–Kier alpha value is -16.8. The van der Waals surface area contributed by atoms with E-state index in [0.29, 0.717) is 46.7 Å². The number of ether oxygens (including phenoxy) is 12. The van der Waals surface area contributed by atoms with Crippen LogP contribution in [0.1, 0.15) is 188 Å². The van der Waals surface area contributed by atoms with Gasteiger partial charge in [0.25, 0.3) is 0 Å². The van der Waals surface area contributed by atoms with Crippen LogP contribution in [0.2, 0.25) is 0 Å². The SMILES string of the molecule is C=CC(=O)Oc1ccc(/C(=C2\CCCC(C)C2)c2ccc(OC(=O)C=C)c(OC(=O)C=C)c2)cc1.C=CC(=O)Oc1ccc(/C(=C2\CCCC(CC)C2)c2ccc(OC(=O)C=C)c(OC(=O)C=C)c2)cc1.C=CC(=O)Oc1ccc(/C(=C2\CCCCC2C)c2ccc(OC(=O)C=C)c(OC(=O)C=C)c2)cc1.C=CC(=O)Oc1ccc(C(=C2CCC(CC)CC2)c2ccc(OC(=O)C=C)c(OC(=O)C=C)c2)cc1. The molecule has 8 aromatic carbocycles. The Morgan fingerprint density at radius 3 is 0.761 bits per heavy atom. The highest BCUT2D eigenvalue weighted by Gasteiger charge is 2.29. The van der Waals surface area contributed by atoms with Crippen molar-refractivity contribution in [3.05, 3.63) is 389 Å². The highest BCUT2D eigenvalue weighted by Crippen LogP contribution is 2.47. The van der Waals surface area contributed by atoms with E-state index in [4.69, 9.17) is 56.8 Å². The molecule has 3 atom stereocenters. The van der Waals surface area contributed by atoms with E-state index in [1.807, 2.05) is 72.8 Å². The molecule has 3 unspecified atom stereocenters. The predicted molar refractivity (Wildman–Crippen MR) is 545 cm³/mol. The zero-order chi connectivity index (χ0) is 103. The summed E-state index contributed by atoms with van der Waals surface area (Å²) in [6.45, 7) is 49.9. The third kappa shape index (κ3) is 31.9. The monoisotopic (exact) mass is 1920 g/mol. The van der Waals surface area contributed by atoms with Gasteiger partial charge in [-0.25, -0.2) is 57.5 Å². The molecule has 0 aliphatic heterocycles. The maximum absolute atomic E-state index is 12.0. The van der Waals surface area contributed by atoms with Crippen LogP contribution < -0.4 is 56.8 Å². The standard InChI is InChI=1S/2C30H30O6.2C29H28O6/c1-5-20-9-11-21(12-10-20)30(22-13-16-24(17-14-22)34-27(31)6-2)23-15-18-25(35-28(32)7-3)26(19-23)36-29(33)8-4;1-5-20-10-9-11-22(18-20)30(21-12-15-24(16-13-21)34-27(31)6-2)23-14-17-25(35-28(32)7-3)26(19-23)36-29(33)8-4;1-5-26(30)33-23-14-11-20(12-15-23)29(21-10-8-9-19(4)17-21)22-13-16-24(34-27(31)6-2)25(18-22)35-28(32)7-3;1-5-26(30)33-22-15-12-20(13-16-22)29(23-11-9-8-10-19(23)4)21-14-17-24(34-27(31)6-2)25(18-21)35-28(32)7-3/h6-8,13-20H,2-5,9-12H2,1H3;6-8,12-17,19-20H,2-5,9-11,18H2,1H3;5-7,11-16,18-19H,1-3,8-10,17H2,4H3;5-7,12-19H,1-3,8-11H2,4H3/b;30-22-;29-21-;29-23-. The van der Waals surface area contributed by atoms with Crippen LogP contribution in [0.5, 0.6) is 69.0 Å². The van der Waals surface area contributed by atoms with Crippen molar-refractivity contribution in [3.8, 4) is 69.0 Å². The van der Waals surface area contributed by atoms with Gasteiger partial charge in [0.15, 0.2) is 46.0 Å². The van der Waals surface area contributed by atoms with Gasteiger partial charge in [0.1, 0.15) is 23.0 Å². The molecule has 4 saturated carbocycles. The van der Waals surface area contributed by atoms with Gasteiger partial charge in [0.05, 0.1) is 0 Å². The summed E-state index contributed by atoms with van der Waals surface area (Å²) in [5.41, 5.74) is 16.0. The molecule has 4 fully saturated rings. The van der Waals surface area contributed by atoms with Crippen LogP contribution in [0.25, 0.3) is 22.3 Å². The van der Waals surface area contributed by atoms with E-state index in [9.17, 15) is 57.5 Å².